The Morgan fingerprint density at radius 2 is 1.71 bits per heavy atom. The number of carboxylic acid groups (broad SMARTS) is 1. The van der Waals surface area contributed by atoms with Gasteiger partial charge in [0.05, 0.1) is 0 Å². The van der Waals surface area contributed by atoms with Gasteiger partial charge in [-0.15, -0.1) is 0 Å². The van der Waals surface area contributed by atoms with E-state index in [1.807, 2.05) is 37.3 Å². The second-order valence-electron chi connectivity index (χ2n) is 4.80. The van der Waals surface area contributed by atoms with Crippen LogP contribution in [0.25, 0.3) is 0 Å². The molecule has 3 nitrogen and oxygen atoms in total. The summed E-state index contributed by atoms with van der Waals surface area (Å²) in [5, 5.41) is 10.4. The van der Waals surface area contributed by atoms with Crippen molar-refractivity contribution in [2.24, 2.45) is 0 Å². The first-order chi connectivity index (χ1) is 9.95. The van der Waals surface area contributed by atoms with Crippen LogP contribution in [-0.4, -0.2) is 17.6 Å². The molecule has 0 unspecified atom stereocenters. The van der Waals surface area contributed by atoms with Gasteiger partial charge < -0.3 is 10.0 Å². The average molecular weight is 324 g/mol. The molecule has 0 saturated carbocycles. The van der Waals surface area contributed by atoms with Crippen LogP contribution in [0.2, 0.25) is 10.0 Å². The standard InChI is InChI=1S/C16H15Cl2NO2/c1-11-8-14(18)3-2-12(11)9-19(10-16(20)21)15-6-4-13(17)5-7-15/h2-8H,9-10H2,1H3,(H,20,21). The lowest BCUT2D eigenvalue weighted by Gasteiger charge is -2.24. The quantitative estimate of drug-likeness (QED) is 0.886. The molecule has 2 aromatic carbocycles. The van der Waals surface area contributed by atoms with Crippen LogP contribution in [0.1, 0.15) is 11.1 Å². The minimum absolute atomic E-state index is 0.0797. The Kier molecular flexibility index (Phi) is 5.10. The van der Waals surface area contributed by atoms with Gasteiger partial charge in [-0.25, -0.2) is 0 Å². The highest BCUT2D eigenvalue weighted by molar-refractivity contribution is 6.30. The highest BCUT2D eigenvalue weighted by Gasteiger charge is 2.12. The molecule has 0 aromatic heterocycles. The number of carboxylic acids is 1. The Labute approximate surface area is 133 Å². The third-order valence-corrected chi connectivity index (χ3v) is 3.67. The molecule has 0 radical (unpaired) electrons. The molecule has 0 aliphatic rings. The summed E-state index contributed by atoms with van der Waals surface area (Å²) in [4.78, 5) is 12.9. The summed E-state index contributed by atoms with van der Waals surface area (Å²) in [6, 6.07) is 12.7. The molecule has 0 spiro atoms. The van der Waals surface area contributed by atoms with Crippen LogP contribution in [-0.2, 0) is 11.3 Å². The van der Waals surface area contributed by atoms with Gasteiger partial charge in [0.25, 0.3) is 0 Å². The fraction of sp³-hybridized carbons (Fsp3) is 0.188. The van der Waals surface area contributed by atoms with Crippen molar-refractivity contribution in [2.75, 3.05) is 11.4 Å². The number of nitrogens with zero attached hydrogens (tertiary/aromatic N) is 1. The third-order valence-electron chi connectivity index (χ3n) is 3.18. The minimum atomic E-state index is -0.878. The predicted molar refractivity (Wildman–Crippen MR) is 86.3 cm³/mol. The summed E-state index contributed by atoms with van der Waals surface area (Å²) in [6.45, 7) is 2.38. The van der Waals surface area contributed by atoms with Gasteiger partial charge in [-0.05, 0) is 54.4 Å². The van der Waals surface area contributed by atoms with Crippen LogP contribution in [0.5, 0.6) is 0 Å². The number of hydrogen-bond acceptors (Lipinski definition) is 2. The highest BCUT2D eigenvalue weighted by Crippen LogP contribution is 2.22. The first kappa shape index (κ1) is 15.7. The van der Waals surface area contributed by atoms with Crippen molar-refractivity contribution in [3.63, 3.8) is 0 Å². The van der Waals surface area contributed by atoms with Gasteiger partial charge in [0.2, 0.25) is 0 Å². The van der Waals surface area contributed by atoms with Gasteiger partial charge in [0.1, 0.15) is 6.54 Å². The molecule has 5 heteroatoms. The number of halogens is 2. The van der Waals surface area contributed by atoms with E-state index in [0.29, 0.717) is 16.6 Å². The van der Waals surface area contributed by atoms with E-state index in [4.69, 9.17) is 28.3 Å². The largest absolute Gasteiger partial charge is 0.480 e. The number of anilines is 1. The van der Waals surface area contributed by atoms with Crippen molar-refractivity contribution < 1.29 is 9.90 Å². The minimum Gasteiger partial charge on any atom is -0.480 e. The maximum Gasteiger partial charge on any atom is 0.323 e. The summed E-state index contributed by atoms with van der Waals surface area (Å²) in [5.74, 6) is -0.878. The van der Waals surface area contributed by atoms with Crippen molar-refractivity contribution in [3.8, 4) is 0 Å². The molecule has 0 atom stereocenters. The van der Waals surface area contributed by atoms with E-state index < -0.39 is 5.97 Å². The van der Waals surface area contributed by atoms with Gasteiger partial charge in [-0.3, -0.25) is 4.79 Å². The fourth-order valence-electron chi connectivity index (χ4n) is 2.10. The third kappa shape index (κ3) is 4.38. The maximum atomic E-state index is 11.1. The molecule has 0 bridgehead atoms. The number of aliphatic carboxylic acids is 1. The second-order valence-corrected chi connectivity index (χ2v) is 5.67. The van der Waals surface area contributed by atoms with Crippen LogP contribution in [0, 0.1) is 6.92 Å². The summed E-state index contributed by atoms with van der Waals surface area (Å²) >= 11 is 11.8. The zero-order valence-electron chi connectivity index (χ0n) is 11.5. The second kappa shape index (κ2) is 6.83. The lowest BCUT2D eigenvalue weighted by Crippen LogP contribution is -2.29. The monoisotopic (exact) mass is 323 g/mol. The van der Waals surface area contributed by atoms with E-state index in [-0.39, 0.29) is 6.54 Å². The normalized spacial score (nSPS) is 10.4. The first-order valence-electron chi connectivity index (χ1n) is 6.43. The Morgan fingerprint density at radius 1 is 1.10 bits per heavy atom. The lowest BCUT2D eigenvalue weighted by atomic mass is 10.1. The molecule has 0 amide bonds. The number of hydrogen-bond donors (Lipinski definition) is 1. The predicted octanol–water partition coefficient (Wildman–Crippen LogP) is 4.39. The molecular weight excluding hydrogens is 309 g/mol. The van der Waals surface area contributed by atoms with Crippen LogP contribution in [0.15, 0.2) is 42.5 Å². The average Bonchev–Trinajstić information content (AvgIpc) is 2.41. The molecule has 0 aliphatic heterocycles. The van der Waals surface area contributed by atoms with E-state index in [2.05, 4.69) is 0 Å². The van der Waals surface area contributed by atoms with Crippen molar-refractivity contribution in [3.05, 3.63) is 63.6 Å². The highest BCUT2D eigenvalue weighted by atomic mass is 35.5. The maximum absolute atomic E-state index is 11.1. The molecular formula is C16H15Cl2NO2. The molecule has 2 rings (SSSR count). The first-order valence-corrected chi connectivity index (χ1v) is 7.18. The summed E-state index contributed by atoms with van der Waals surface area (Å²) in [6.07, 6.45) is 0. The van der Waals surface area contributed by atoms with E-state index in [1.165, 1.54) is 0 Å². The number of carbonyl (C=O) groups is 1. The topological polar surface area (TPSA) is 40.5 Å². The van der Waals surface area contributed by atoms with Crippen molar-refractivity contribution >= 4 is 34.9 Å². The molecule has 21 heavy (non-hydrogen) atoms. The summed E-state index contributed by atoms with van der Waals surface area (Å²) < 4.78 is 0. The van der Waals surface area contributed by atoms with Gasteiger partial charge in [0.15, 0.2) is 0 Å². The van der Waals surface area contributed by atoms with Crippen molar-refractivity contribution in [2.45, 2.75) is 13.5 Å². The molecule has 1 N–H and O–H groups in total. The molecule has 0 saturated heterocycles. The van der Waals surface area contributed by atoms with E-state index in [0.717, 1.165) is 16.8 Å². The smallest absolute Gasteiger partial charge is 0.323 e. The molecule has 0 aliphatic carbocycles. The van der Waals surface area contributed by atoms with E-state index in [1.54, 1.807) is 17.0 Å². The van der Waals surface area contributed by atoms with Crippen molar-refractivity contribution in [1.82, 2.24) is 0 Å². The Morgan fingerprint density at radius 3 is 2.29 bits per heavy atom. The van der Waals surface area contributed by atoms with Gasteiger partial charge in [-0.1, -0.05) is 29.3 Å². The molecule has 0 fully saturated rings. The van der Waals surface area contributed by atoms with Gasteiger partial charge in [0, 0.05) is 22.3 Å². The van der Waals surface area contributed by atoms with Crippen LogP contribution >= 0.6 is 23.2 Å². The fourth-order valence-corrected chi connectivity index (χ4v) is 2.45. The molecule has 0 heterocycles. The van der Waals surface area contributed by atoms with Crippen LogP contribution in [0.4, 0.5) is 5.69 Å². The van der Waals surface area contributed by atoms with Crippen LogP contribution < -0.4 is 4.90 Å². The number of benzene rings is 2. The van der Waals surface area contributed by atoms with Gasteiger partial charge in [-0.2, -0.15) is 0 Å². The number of rotatable bonds is 5. The van der Waals surface area contributed by atoms with Crippen molar-refractivity contribution in [1.29, 1.82) is 0 Å². The SMILES string of the molecule is Cc1cc(Cl)ccc1CN(CC(=O)O)c1ccc(Cl)cc1. The summed E-state index contributed by atoms with van der Waals surface area (Å²) in [7, 11) is 0. The Hall–Kier alpha value is -1.71. The lowest BCUT2D eigenvalue weighted by molar-refractivity contribution is -0.135. The Balaban J connectivity index is 2.27. The van der Waals surface area contributed by atoms with Gasteiger partial charge >= 0.3 is 5.97 Å². The zero-order chi connectivity index (χ0) is 15.4. The zero-order valence-corrected chi connectivity index (χ0v) is 13.0. The summed E-state index contributed by atoms with van der Waals surface area (Å²) in [5.41, 5.74) is 2.89. The molecule has 2 aromatic rings. The Bertz CT molecular complexity index is 641. The number of aryl methyl sites for hydroxylation is 1. The molecule has 110 valence electrons. The van der Waals surface area contributed by atoms with Crippen LogP contribution in [0.3, 0.4) is 0 Å². The van der Waals surface area contributed by atoms with E-state index in [9.17, 15) is 4.79 Å². The van der Waals surface area contributed by atoms with E-state index >= 15 is 0 Å².